The van der Waals surface area contributed by atoms with Crippen LogP contribution in [0.15, 0.2) is 0 Å². The zero-order valence-corrected chi connectivity index (χ0v) is 6.61. The number of carbonyl (C=O) groups is 1. The van der Waals surface area contributed by atoms with Crippen LogP contribution in [0, 0.1) is 0 Å². The van der Waals surface area contributed by atoms with Crippen LogP contribution in [0.2, 0.25) is 0 Å². The maximum absolute atomic E-state index is 10.9. The SMILES string of the molecule is CO[C@@H]1O[C@@H](C)C(=O)C[C@@H]1O. The Morgan fingerprint density at radius 3 is 2.91 bits per heavy atom. The largest absolute Gasteiger partial charge is 0.387 e. The maximum atomic E-state index is 10.9. The fourth-order valence-corrected chi connectivity index (χ4v) is 1.05. The first-order valence-corrected chi connectivity index (χ1v) is 3.54. The summed E-state index contributed by atoms with van der Waals surface area (Å²) in [5.74, 6) is -0.0780. The zero-order chi connectivity index (χ0) is 8.43. The van der Waals surface area contributed by atoms with E-state index in [1.54, 1.807) is 6.92 Å². The summed E-state index contributed by atoms with van der Waals surface area (Å²) in [5, 5.41) is 9.19. The molecule has 0 bridgehead atoms. The Morgan fingerprint density at radius 2 is 2.36 bits per heavy atom. The van der Waals surface area contributed by atoms with Gasteiger partial charge in [-0.1, -0.05) is 0 Å². The Kier molecular flexibility index (Phi) is 2.59. The van der Waals surface area contributed by atoms with E-state index in [2.05, 4.69) is 0 Å². The van der Waals surface area contributed by atoms with Crippen molar-refractivity contribution in [3.05, 3.63) is 0 Å². The van der Waals surface area contributed by atoms with Crippen LogP contribution in [0.1, 0.15) is 13.3 Å². The molecule has 1 rings (SSSR count). The molecular weight excluding hydrogens is 148 g/mol. The molecule has 0 aromatic carbocycles. The number of carbonyl (C=O) groups excluding carboxylic acids is 1. The number of aliphatic hydroxyl groups excluding tert-OH is 1. The van der Waals surface area contributed by atoms with Crippen molar-refractivity contribution in [2.45, 2.75) is 31.8 Å². The van der Waals surface area contributed by atoms with E-state index in [9.17, 15) is 9.90 Å². The highest BCUT2D eigenvalue weighted by Crippen LogP contribution is 2.16. The van der Waals surface area contributed by atoms with E-state index in [4.69, 9.17) is 9.47 Å². The average Bonchev–Trinajstić information content (AvgIpc) is 1.97. The van der Waals surface area contributed by atoms with Gasteiger partial charge in [-0.05, 0) is 6.92 Å². The number of hydrogen-bond donors (Lipinski definition) is 1. The van der Waals surface area contributed by atoms with E-state index in [0.717, 1.165) is 0 Å². The number of ketones is 1. The molecule has 11 heavy (non-hydrogen) atoms. The van der Waals surface area contributed by atoms with Crippen molar-refractivity contribution in [1.29, 1.82) is 0 Å². The summed E-state index contributed by atoms with van der Waals surface area (Å²) in [7, 11) is 1.44. The lowest BCUT2D eigenvalue weighted by Gasteiger charge is -2.29. The van der Waals surface area contributed by atoms with Gasteiger partial charge < -0.3 is 14.6 Å². The molecule has 0 unspecified atom stereocenters. The molecule has 64 valence electrons. The first kappa shape index (κ1) is 8.64. The Labute approximate surface area is 65.1 Å². The maximum Gasteiger partial charge on any atom is 0.184 e. The van der Waals surface area contributed by atoms with Gasteiger partial charge in [0.05, 0.1) is 0 Å². The molecule has 0 aromatic heterocycles. The number of hydrogen-bond acceptors (Lipinski definition) is 4. The van der Waals surface area contributed by atoms with Gasteiger partial charge >= 0.3 is 0 Å². The minimum Gasteiger partial charge on any atom is -0.387 e. The van der Waals surface area contributed by atoms with Gasteiger partial charge in [-0.2, -0.15) is 0 Å². The van der Waals surface area contributed by atoms with Gasteiger partial charge in [0, 0.05) is 13.5 Å². The zero-order valence-electron chi connectivity index (χ0n) is 6.61. The molecule has 3 atom stereocenters. The summed E-state index contributed by atoms with van der Waals surface area (Å²) in [5.41, 5.74) is 0. The Bertz CT molecular complexity index is 157. The predicted molar refractivity (Wildman–Crippen MR) is 37.0 cm³/mol. The van der Waals surface area contributed by atoms with Crippen molar-refractivity contribution in [3.8, 4) is 0 Å². The first-order valence-electron chi connectivity index (χ1n) is 3.54. The second-order valence-corrected chi connectivity index (χ2v) is 2.62. The topological polar surface area (TPSA) is 55.8 Å². The molecule has 1 fully saturated rings. The second kappa shape index (κ2) is 3.30. The van der Waals surface area contributed by atoms with Crippen LogP contribution in [-0.4, -0.2) is 36.5 Å². The quantitative estimate of drug-likeness (QED) is 0.572. The summed E-state index contributed by atoms with van der Waals surface area (Å²) < 4.78 is 9.84. The van der Waals surface area contributed by atoms with E-state index in [1.165, 1.54) is 7.11 Å². The van der Waals surface area contributed by atoms with Gasteiger partial charge in [-0.15, -0.1) is 0 Å². The third-order valence-electron chi connectivity index (χ3n) is 1.75. The molecular formula is C7H12O4. The summed E-state index contributed by atoms with van der Waals surface area (Å²) in [4.78, 5) is 10.9. The number of methoxy groups -OCH3 is 1. The third-order valence-corrected chi connectivity index (χ3v) is 1.75. The molecule has 0 aliphatic carbocycles. The fourth-order valence-electron chi connectivity index (χ4n) is 1.05. The molecule has 0 spiro atoms. The number of Topliss-reactive ketones (excluding diaryl/α,β-unsaturated/α-hetero) is 1. The molecule has 1 aliphatic heterocycles. The molecule has 1 N–H and O–H groups in total. The summed E-state index contributed by atoms with van der Waals surface area (Å²) in [6.45, 7) is 1.65. The van der Waals surface area contributed by atoms with E-state index < -0.39 is 18.5 Å². The predicted octanol–water partition coefficient (Wildman–Crippen LogP) is -0.302. The smallest absolute Gasteiger partial charge is 0.184 e. The van der Waals surface area contributed by atoms with Crippen LogP contribution >= 0.6 is 0 Å². The van der Waals surface area contributed by atoms with Gasteiger partial charge in [-0.25, -0.2) is 0 Å². The molecule has 1 saturated heterocycles. The van der Waals surface area contributed by atoms with Crippen LogP contribution < -0.4 is 0 Å². The Balaban J connectivity index is 2.54. The van der Waals surface area contributed by atoms with E-state index in [-0.39, 0.29) is 12.2 Å². The lowest BCUT2D eigenvalue weighted by atomic mass is 10.1. The van der Waals surface area contributed by atoms with Crippen LogP contribution in [0.4, 0.5) is 0 Å². The third kappa shape index (κ3) is 1.77. The Morgan fingerprint density at radius 1 is 1.73 bits per heavy atom. The number of rotatable bonds is 1. The standard InChI is InChI=1S/C7H12O4/c1-4-5(8)3-6(9)7(10-2)11-4/h4,6-7,9H,3H2,1-2H3/t4-,6-,7+/m0/s1. The lowest BCUT2D eigenvalue weighted by molar-refractivity contribution is -0.219. The van der Waals surface area contributed by atoms with Crippen molar-refractivity contribution >= 4 is 5.78 Å². The van der Waals surface area contributed by atoms with E-state index in [0.29, 0.717) is 0 Å². The summed E-state index contributed by atoms with van der Waals surface area (Å²) >= 11 is 0. The van der Waals surface area contributed by atoms with Crippen molar-refractivity contribution in [2.24, 2.45) is 0 Å². The van der Waals surface area contributed by atoms with Gasteiger partial charge in [0.1, 0.15) is 12.2 Å². The van der Waals surface area contributed by atoms with Crippen molar-refractivity contribution in [2.75, 3.05) is 7.11 Å². The molecule has 0 radical (unpaired) electrons. The minimum atomic E-state index is -0.816. The van der Waals surface area contributed by atoms with Crippen LogP contribution in [-0.2, 0) is 14.3 Å². The van der Waals surface area contributed by atoms with Crippen molar-refractivity contribution in [1.82, 2.24) is 0 Å². The second-order valence-electron chi connectivity index (χ2n) is 2.62. The molecule has 0 saturated carbocycles. The monoisotopic (exact) mass is 160 g/mol. The van der Waals surface area contributed by atoms with Crippen LogP contribution in [0.25, 0.3) is 0 Å². The molecule has 1 heterocycles. The molecule has 4 heteroatoms. The van der Waals surface area contributed by atoms with Crippen LogP contribution in [0.3, 0.4) is 0 Å². The van der Waals surface area contributed by atoms with E-state index in [1.807, 2.05) is 0 Å². The van der Waals surface area contributed by atoms with Crippen molar-refractivity contribution in [3.63, 3.8) is 0 Å². The Hall–Kier alpha value is -0.450. The van der Waals surface area contributed by atoms with Gasteiger partial charge in [0.25, 0.3) is 0 Å². The number of aliphatic hydroxyl groups is 1. The van der Waals surface area contributed by atoms with Crippen LogP contribution in [0.5, 0.6) is 0 Å². The molecule has 4 nitrogen and oxygen atoms in total. The van der Waals surface area contributed by atoms with Gasteiger partial charge in [0.2, 0.25) is 0 Å². The fraction of sp³-hybridized carbons (Fsp3) is 0.857. The first-order chi connectivity index (χ1) is 5.15. The highest BCUT2D eigenvalue weighted by Gasteiger charge is 2.33. The summed E-state index contributed by atoms with van der Waals surface area (Å²) in [6, 6.07) is 0. The lowest BCUT2D eigenvalue weighted by Crippen LogP contribution is -2.44. The average molecular weight is 160 g/mol. The van der Waals surface area contributed by atoms with Gasteiger partial charge in [0.15, 0.2) is 12.1 Å². The minimum absolute atomic E-state index is 0.0780. The van der Waals surface area contributed by atoms with Gasteiger partial charge in [-0.3, -0.25) is 4.79 Å². The highest BCUT2D eigenvalue weighted by molar-refractivity contribution is 5.83. The summed E-state index contributed by atoms with van der Waals surface area (Å²) in [6.07, 6.45) is -1.80. The van der Waals surface area contributed by atoms with Crippen molar-refractivity contribution < 1.29 is 19.4 Å². The molecule has 1 aliphatic rings. The molecule has 0 amide bonds. The van der Waals surface area contributed by atoms with E-state index >= 15 is 0 Å². The highest BCUT2D eigenvalue weighted by atomic mass is 16.7. The normalized spacial score (nSPS) is 39.2. The number of ether oxygens (including phenoxy) is 2. The molecule has 0 aromatic rings.